The van der Waals surface area contributed by atoms with Crippen LogP contribution < -0.4 is 0 Å². The summed E-state index contributed by atoms with van der Waals surface area (Å²) in [7, 11) is 0. The molecule has 2 rings (SSSR count). The van der Waals surface area contributed by atoms with Crippen molar-refractivity contribution < 1.29 is 14.7 Å². The predicted molar refractivity (Wildman–Crippen MR) is 76.7 cm³/mol. The lowest BCUT2D eigenvalue weighted by molar-refractivity contribution is -0.141. The molecule has 0 saturated carbocycles. The number of aryl methyl sites for hydroxylation is 1. The van der Waals surface area contributed by atoms with Gasteiger partial charge in [-0.2, -0.15) is 0 Å². The van der Waals surface area contributed by atoms with E-state index in [0.29, 0.717) is 18.5 Å². The van der Waals surface area contributed by atoms with Crippen LogP contribution >= 0.6 is 0 Å². The Kier molecular flexibility index (Phi) is 4.77. The van der Waals surface area contributed by atoms with Crippen LogP contribution in [0.3, 0.4) is 0 Å². The van der Waals surface area contributed by atoms with Crippen molar-refractivity contribution in [3.8, 4) is 0 Å². The summed E-state index contributed by atoms with van der Waals surface area (Å²) in [5, 5.41) is 9.13. The van der Waals surface area contributed by atoms with Gasteiger partial charge in [0.15, 0.2) is 0 Å². The standard InChI is InChI=1S/C16H21NO3/c1-2-3-5-12-7-9-13(10-8-12)15(18)17-11-4-6-14(17)16(19)20/h7-10,14H,2-6,11H2,1H3,(H,19,20)/t14-/m1/s1. The van der Waals surface area contributed by atoms with E-state index in [2.05, 4.69) is 6.92 Å². The van der Waals surface area contributed by atoms with E-state index in [1.165, 1.54) is 10.5 Å². The third kappa shape index (κ3) is 3.18. The molecule has 0 bridgehead atoms. The van der Waals surface area contributed by atoms with Gasteiger partial charge in [-0.3, -0.25) is 4.79 Å². The van der Waals surface area contributed by atoms with Crippen molar-refractivity contribution in [3.05, 3.63) is 35.4 Å². The second kappa shape index (κ2) is 6.55. The van der Waals surface area contributed by atoms with Crippen LogP contribution in [0.4, 0.5) is 0 Å². The molecular weight excluding hydrogens is 254 g/mol. The van der Waals surface area contributed by atoms with Crippen molar-refractivity contribution in [2.45, 2.75) is 45.1 Å². The van der Waals surface area contributed by atoms with Crippen LogP contribution in [-0.2, 0) is 11.2 Å². The van der Waals surface area contributed by atoms with Crippen LogP contribution in [0.1, 0.15) is 48.5 Å². The quantitative estimate of drug-likeness (QED) is 0.899. The van der Waals surface area contributed by atoms with Gasteiger partial charge in [0, 0.05) is 12.1 Å². The molecule has 0 unspecified atom stereocenters. The fourth-order valence-corrected chi connectivity index (χ4v) is 2.63. The summed E-state index contributed by atoms with van der Waals surface area (Å²) >= 11 is 0. The maximum atomic E-state index is 12.3. The summed E-state index contributed by atoms with van der Waals surface area (Å²) < 4.78 is 0. The minimum absolute atomic E-state index is 0.169. The van der Waals surface area contributed by atoms with Gasteiger partial charge in [-0.1, -0.05) is 25.5 Å². The molecule has 4 nitrogen and oxygen atoms in total. The van der Waals surface area contributed by atoms with E-state index < -0.39 is 12.0 Å². The Labute approximate surface area is 119 Å². The van der Waals surface area contributed by atoms with Crippen molar-refractivity contribution in [2.75, 3.05) is 6.54 Å². The van der Waals surface area contributed by atoms with Gasteiger partial charge in [-0.25, -0.2) is 4.79 Å². The number of benzene rings is 1. The number of amides is 1. The Bertz CT molecular complexity index is 481. The average Bonchev–Trinajstić information content (AvgIpc) is 2.94. The number of carboxylic acids is 1. The number of carbonyl (C=O) groups excluding carboxylic acids is 1. The minimum atomic E-state index is -0.907. The molecule has 1 heterocycles. The molecule has 1 atom stereocenters. The van der Waals surface area contributed by atoms with Crippen molar-refractivity contribution in [1.82, 2.24) is 4.90 Å². The molecule has 0 spiro atoms. The number of carboxylic acid groups (broad SMARTS) is 1. The summed E-state index contributed by atoms with van der Waals surface area (Å²) in [5.41, 5.74) is 1.80. The lowest BCUT2D eigenvalue weighted by Crippen LogP contribution is -2.40. The van der Waals surface area contributed by atoms with E-state index in [4.69, 9.17) is 5.11 Å². The topological polar surface area (TPSA) is 57.6 Å². The van der Waals surface area contributed by atoms with Crippen LogP contribution in [0.2, 0.25) is 0 Å². The second-order valence-corrected chi connectivity index (χ2v) is 5.30. The summed E-state index contributed by atoms with van der Waals surface area (Å²) in [6, 6.07) is 6.89. The Balaban J connectivity index is 2.07. The molecule has 20 heavy (non-hydrogen) atoms. The fraction of sp³-hybridized carbons (Fsp3) is 0.500. The third-order valence-electron chi connectivity index (χ3n) is 3.82. The molecule has 0 aliphatic carbocycles. The SMILES string of the molecule is CCCCc1ccc(C(=O)N2CCC[C@@H]2C(=O)O)cc1. The Morgan fingerprint density at radius 1 is 1.30 bits per heavy atom. The first-order valence-corrected chi connectivity index (χ1v) is 7.26. The molecule has 1 aliphatic heterocycles. The first kappa shape index (κ1) is 14.6. The summed E-state index contributed by atoms with van der Waals surface area (Å²) in [6.45, 7) is 2.69. The van der Waals surface area contributed by atoms with Crippen LogP contribution in [0, 0.1) is 0 Å². The van der Waals surface area contributed by atoms with Gasteiger partial charge in [0.1, 0.15) is 6.04 Å². The average molecular weight is 275 g/mol. The molecule has 4 heteroatoms. The van der Waals surface area contributed by atoms with E-state index in [1.807, 2.05) is 24.3 Å². The monoisotopic (exact) mass is 275 g/mol. The Hall–Kier alpha value is -1.84. The number of unbranched alkanes of at least 4 members (excludes halogenated alkanes) is 1. The minimum Gasteiger partial charge on any atom is -0.480 e. The lowest BCUT2D eigenvalue weighted by Gasteiger charge is -2.21. The molecule has 108 valence electrons. The van der Waals surface area contributed by atoms with Crippen LogP contribution in [0.25, 0.3) is 0 Å². The molecule has 1 aliphatic rings. The molecule has 1 fully saturated rings. The Morgan fingerprint density at radius 2 is 2.00 bits per heavy atom. The maximum absolute atomic E-state index is 12.3. The van der Waals surface area contributed by atoms with Gasteiger partial charge in [-0.05, 0) is 43.4 Å². The number of carbonyl (C=O) groups is 2. The number of aliphatic carboxylic acids is 1. The number of hydrogen-bond acceptors (Lipinski definition) is 2. The maximum Gasteiger partial charge on any atom is 0.326 e. The van der Waals surface area contributed by atoms with Crippen molar-refractivity contribution in [3.63, 3.8) is 0 Å². The normalized spacial score (nSPS) is 18.2. The van der Waals surface area contributed by atoms with Gasteiger partial charge >= 0.3 is 5.97 Å². The zero-order valence-electron chi connectivity index (χ0n) is 11.8. The Morgan fingerprint density at radius 3 is 2.60 bits per heavy atom. The summed E-state index contributed by atoms with van der Waals surface area (Å²) in [5.74, 6) is -1.08. The molecule has 0 radical (unpaired) electrons. The lowest BCUT2D eigenvalue weighted by atomic mass is 10.1. The van der Waals surface area contributed by atoms with Crippen molar-refractivity contribution >= 4 is 11.9 Å². The van der Waals surface area contributed by atoms with Gasteiger partial charge in [-0.15, -0.1) is 0 Å². The van der Waals surface area contributed by atoms with Gasteiger partial charge in [0.25, 0.3) is 5.91 Å². The predicted octanol–water partition coefficient (Wildman–Crippen LogP) is 2.72. The van der Waals surface area contributed by atoms with Crippen molar-refractivity contribution in [2.24, 2.45) is 0 Å². The zero-order chi connectivity index (χ0) is 14.5. The van der Waals surface area contributed by atoms with Gasteiger partial charge in [0.2, 0.25) is 0 Å². The van der Waals surface area contributed by atoms with Gasteiger partial charge < -0.3 is 10.0 Å². The highest BCUT2D eigenvalue weighted by molar-refractivity contribution is 5.97. The highest BCUT2D eigenvalue weighted by Gasteiger charge is 2.34. The number of likely N-dealkylation sites (tertiary alicyclic amines) is 1. The van der Waals surface area contributed by atoms with Crippen LogP contribution in [-0.4, -0.2) is 34.5 Å². The van der Waals surface area contributed by atoms with E-state index in [1.54, 1.807) is 0 Å². The number of nitrogens with zero attached hydrogens (tertiary/aromatic N) is 1. The van der Waals surface area contributed by atoms with Crippen molar-refractivity contribution in [1.29, 1.82) is 0 Å². The van der Waals surface area contributed by atoms with Crippen LogP contribution in [0.5, 0.6) is 0 Å². The molecule has 1 amide bonds. The number of rotatable bonds is 5. The smallest absolute Gasteiger partial charge is 0.326 e. The largest absolute Gasteiger partial charge is 0.480 e. The van der Waals surface area contributed by atoms with E-state index >= 15 is 0 Å². The fourth-order valence-electron chi connectivity index (χ4n) is 2.63. The first-order chi connectivity index (χ1) is 9.63. The molecule has 1 aromatic rings. The van der Waals surface area contributed by atoms with Gasteiger partial charge in [0.05, 0.1) is 0 Å². The van der Waals surface area contributed by atoms with E-state index in [0.717, 1.165) is 25.7 Å². The molecule has 0 aromatic heterocycles. The third-order valence-corrected chi connectivity index (χ3v) is 3.82. The number of hydrogen-bond donors (Lipinski definition) is 1. The van der Waals surface area contributed by atoms with Crippen LogP contribution in [0.15, 0.2) is 24.3 Å². The highest BCUT2D eigenvalue weighted by atomic mass is 16.4. The molecule has 1 N–H and O–H groups in total. The second-order valence-electron chi connectivity index (χ2n) is 5.30. The summed E-state index contributed by atoms with van der Waals surface area (Å²) in [4.78, 5) is 25.0. The summed E-state index contributed by atoms with van der Waals surface area (Å²) in [6.07, 6.45) is 4.62. The van der Waals surface area contributed by atoms with E-state index in [-0.39, 0.29) is 5.91 Å². The molecule has 1 aromatic carbocycles. The first-order valence-electron chi connectivity index (χ1n) is 7.26. The zero-order valence-corrected chi connectivity index (χ0v) is 11.8. The molecular formula is C16H21NO3. The highest BCUT2D eigenvalue weighted by Crippen LogP contribution is 2.20. The molecule has 1 saturated heterocycles. The van der Waals surface area contributed by atoms with E-state index in [9.17, 15) is 9.59 Å².